The fourth-order valence-corrected chi connectivity index (χ4v) is 6.57. The van der Waals surface area contributed by atoms with E-state index < -0.39 is 22.4 Å². The summed E-state index contributed by atoms with van der Waals surface area (Å²) in [7, 11) is -3.15. The van der Waals surface area contributed by atoms with Crippen LogP contribution in [0.4, 0.5) is 0 Å². The number of nitrogens with zero attached hydrogens (tertiary/aromatic N) is 1. The van der Waals surface area contributed by atoms with Crippen LogP contribution in [0.25, 0.3) is 0 Å². The second kappa shape index (κ2) is 10.5. The van der Waals surface area contributed by atoms with Gasteiger partial charge in [-0.15, -0.1) is 0 Å². The fourth-order valence-electron chi connectivity index (χ4n) is 4.86. The van der Waals surface area contributed by atoms with Crippen molar-refractivity contribution < 1.29 is 27.5 Å². The van der Waals surface area contributed by atoms with E-state index in [1.165, 1.54) is 12.1 Å². The summed E-state index contributed by atoms with van der Waals surface area (Å²) < 4.78 is 29.3. The first-order valence-corrected chi connectivity index (χ1v) is 13.5. The number of sulfone groups is 1. The van der Waals surface area contributed by atoms with Gasteiger partial charge in [-0.05, 0) is 31.4 Å². The quantitative estimate of drug-likeness (QED) is 0.442. The zero-order valence-electron chi connectivity index (χ0n) is 19.0. The molecule has 2 aromatic carbocycles. The molecule has 2 fully saturated rings. The molecular formula is C26H29NO6S. The van der Waals surface area contributed by atoms with Crippen molar-refractivity contribution in [3.63, 3.8) is 0 Å². The number of carbonyl (C=O) groups is 3. The van der Waals surface area contributed by atoms with Gasteiger partial charge in [0.2, 0.25) is 0 Å². The number of ketones is 1. The number of ether oxygens (including phenoxy) is 1. The van der Waals surface area contributed by atoms with Crippen molar-refractivity contribution in [1.29, 1.82) is 0 Å². The Hall–Kier alpha value is -3.00. The summed E-state index contributed by atoms with van der Waals surface area (Å²) >= 11 is 0. The highest BCUT2D eigenvalue weighted by atomic mass is 32.2. The molecule has 8 heteroatoms. The molecule has 2 aliphatic rings. The molecule has 1 unspecified atom stereocenters. The van der Waals surface area contributed by atoms with Crippen LogP contribution in [0.3, 0.4) is 0 Å². The van der Waals surface area contributed by atoms with Crippen LogP contribution in [0.15, 0.2) is 54.6 Å². The molecule has 7 nitrogen and oxygen atoms in total. The average molecular weight is 484 g/mol. The minimum absolute atomic E-state index is 0.0125. The third kappa shape index (κ3) is 5.73. The smallest absolute Gasteiger partial charge is 0.338 e. The first-order valence-electron chi connectivity index (χ1n) is 11.7. The van der Waals surface area contributed by atoms with Crippen molar-refractivity contribution in [1.82, 2.24) is 4.90 Å². The Balaban J connectivity index is 1.39. The van der Waals surface area contributed by atoms with Crippen LogP contribution < -0.4 is 0 Å². The van der Waals surface area contributed by atoms with Gasteiger partial charge in [0.1, 0.15) is 0 Å². The lowest BCUT2D eigenvalue weighted by Crippen LogP contribution is -2.50. The fraction of sp³-hybridized carbons (Fsp3) is 0.423. The average Bonchev–Trinajstić information content (AvgIpc) is 3.22. The Labute approximate surface area is 200 Å². The van der Waals surface area contributed by atoms with E-state index in [0.717, 1.165) is 32.1 Å². The van der Waals surface area contributed by atoms with E-state index in [0.29, 0.717) is 17.5 Å². The van der Waals surface area contributed by atoms with Crippen molar-refractivity contribution in [3.8, 4) is 0 Å². The van der Waals surface area contributed by atoms with E-state index in [9.17, 15) is 22.8 Å². The second-order valence-electron chi connectivity index (χ2n) is 9.00. The monoisotopic (exact) mass is 483 g/mol. The van der Waals surface area contributed by atoms with Crippen LogP contribution in [0, 0.1) is 0 Å². The SMILES string of the molecule is O=C(OCC(=O)N(C1CCCCC1)C1CCS(=O)(=O)C1)c1ccc(C(=O)c2ccccc2)cc1. The van der Waals surface area contributed by atoms with E-state index >= 15 is 0 Å². The zero-order valence-corrected chi connectivity index (χ0v) is 19.8. The highest BCUT2D eigenvalue weighted by Gasteiger charge is 2.38. The molecule has 2 aromatic rings. The number of amides is 1. The highest BCUT2D eigenvalue weighted by Crippen LogP contribution is 2.28. The summed E-state index contributed by atoms with van der Waals surface area (Å²) in [6.45, 7) is -0.434. The minimum Gasteiger partial charge on any atom is -0.452 e. The normalized spacial score (nSPS) is 19.9. The van der Waals surface area contributed by atoms with Crippen molar-refractivity contribution in [2.45, 2.75) is 50.6 Å². The summed E-state index contributed by atoms with van der Waals surface area (Å²) in [4.78, 5) is 39.8. The largest absolute Gasteiger partial charge is 0.452 e. The lowest BCUT2D eigenvalue weighted by atomic mass is 9.93. The molecular weight excluding hydrogens is 454 g/mol. The molecule has 4 rings (SSSR count). The van der Waals surface area contributed by atoms with Crippen LogP contribution in [0.1, 0.15) is 64.8 Å². The minimum atomic E-state index is -3.15. The summed E-state index contributed by atoms with van der Waals surface area (Å²) in [6.07, 6.45) is 5.22. The molecule has 1 saturated heterocycles. The molecule has 180 valence electrons. The number of hydrogen-bond acceptors (Lipinski definition) is 6. The summed E-state index contributed by atoms with van der Waals surface area (Å²) in [5.74, 6) is -1.10. The summed E-state index contributed by atoms with van der Waals surface area (Å²) in [5.41, 5.74) is 1.25. The Morgan fingerprint density at radius 3 is 2.03 bits per heavy atom. The van der Waals surface area contributed by atoms with E-state index in [-0.39, 0.29) is 40.8 Å². The van der Waals surface area contributed by atoms with Crippen molar-refractivity contribution >= 4 is 27.5 Å². The Kier molecular flexibility index (Phi) is 7.46. The Morgan fingerprint density at radius 1 is 0.794 bits per heavy atom. The molecule has 0 spiro atoms. The van der Waals surface area contributed by atoms with Crippen LogP contribution in [-0.2, 0) is 19.4 Å². The van der Waals surface area contributed by atoms with Gasteiger partial charge in [-0.25, -0.2) is 13.2 Å². The summed E-state index contributed by atoms with van der Waals surface area (Å²) in [5, 5.41) is 0. The molecule has 1 saturated carbocycles. The number of esters is 1. The van der Waals surface area contributed by atoms with Gasteiger partial charge in [0, 0.05) is 23.2 Å². The lowest BCUT2D eigenvalue weighted by Gasteiger charge is -2.38. The molecule has 0 aromatic heterocycles. The number of hydrogen-bond donors (Lipinski definition) is 0. The predicted molar refractivity (Wildman–Crippen MR) is 127 cm³/mol. The van der Waals surface area contributed by atoms with Crippen molar-refractivity contribution in [3.05, 3.63) is 71.3 Å². The number of carbonyl (C=O) groups excluding carboxylic acids is 3. The number of benzene rings is 2. The van der Waals surface area contributed by atoms with Crippen molar-refractivity contribution in [2.24, 2.45) is 0 Å². The third-order valence-electron chi connectivity index (χ3n) is 6.60. The molecule has 1 aliphatic heterocycles. The molecule has 34 heavy (non-hydrogen) atoms. The third-order valence-corrected chi connectivity index (χ3v) is 8.35. The van der Waals surface area contributed by atoms with E-state index in [4.69, 9.17) is 4.74 Å². The van der Waals surface area contributed by atoms with E-state index in [1.807, 2.05) is 6.07 Å². The molecule has 1 heterocycles. The topological polar surface area (TPSA) is 97.8 Å². The standard InChI is InChI=1S/C26H29NO6S/c28-24(27(22-9-5-2-6-10-22)23-15-16-34(31,32)18-23)17-33-26(30)21-13-11-20(12-14-21)25(29)19-7-3-1-4-8-19/h1,3-4,7-8,11-14,22-23H,2,5-6,9-10,15-18H2. The van der Waals surface area contributed by atoms with Crippen LogP contribution >= 0.6 is 0 Å². The molecule has 0 N–H and O–H groups in total. The van der Waals surface area contributed by atoms with E-state index in [2.05, 4.69) is 0 Å². The van der Waals surface area contributed by atoms with Gasteiger partial charge in [-0.1, -0.05) is 61.7 Å². The predicted octanol–water partition coefficient (Wildman–Crippen LogP) is 3.42. The molecule has 1 amide bonds. The maximum atomic E-state index is 13.1. The van der Waals surface area contributed by atoms with Gasteiger partial charge in [0.15, 0.2) is 22.2 Å². The van der Waals surface area contributed by atoms with Crippen molar-refractivity contribution in [2.75, 3.05) is 18.1 Å². The van der Waals surface area contributed by atoms with Crippen LogP contribution in [-0.4, -0.2) is 61.2 Å². The zero-order chi connectivity index (χ0) is 24.1. The first-order chi connectivity index (χ1) is 16.3. The second-order valence-corrected chi connectivity index (χ2v) is 11.2. The highest BCUT2D eigenvalue weighted by molar-refractivity contribution is 7.91. The molecule has 1 atom stereocenters. The summed E-state index contributed by atoms with van der Waals surface area (Å²) in [6, 6.07) is 14.6. The van der Waals surface area contributed by atoms with Gasteiger partial charge in [0.25, 0.3) is 5.91 Å². The lowest BCUT2D eigenvalue weighted by molar-refractivity contribution is -0.140. The maximum Gasteiger partial charge on any atom is 0.338 e. The molecule has 1 aliphatic carbocycles. The maximum absolute atomic E-state index is 13.1. The Morgan fingerprint density at radius 2 is 1.41 bits per heavy atom. The van der Waals surface area contributed by atoms with Crippen LogP contribution in [0.2, 0.25) is 0 Å². The Bertz CT molecular complexity index is 1140. The number of rotatable bonds is 7. The van der Waals surface area contributed by atoms with Gasteiger partial charge in [0.05, 0.1) is 17.1 Å². The van der Waals surface area contributed by atoms with Crippen LogP contribution in [0.5, 0.6) is 0 Å². The molecule has 0 radical (unpaired) electrons. The molecule has 0 bridgehead atoms. The van der Waals surface area contributed by atoms with Gasteiger partial charge < -0.3 is 9.64 Å². The van der Waals surface area contributed by atoms with E-state index in [1.54, 1.807) is 41.3 Å². The first kappa shape index (κ1) is 24.1. The van der Waals surface area contributed by atoms with Gasteiger partial charge >= 0.3 is 5.97 Å². The van der Waals surface area contributed by atoms with Gasteiger partial charge in [-0.3, -0.25) is 9.59 Å². The van der Waals surface area contributed by atoms with Gasteiger partial charge in [-0.2, -0.15) is 0 Å².